The number of carbonyl (C=O) groups is 2. The van der Waals surface area contributed by atoms with E-state index < -0.39 is 0 Å². The summed E-state index contributed by atoms with van der Waals surface area (Å²) >= 11 is 0. The van der Waals surface area contributed by atoms with Crippen molar-refractivity contribution < 1.29 is 14.3 Å². The normalized spacial score (nSPS) is 21.4. The first-order chi connectivity index (χ1) is 15.6. The van der Waals surface area contributed by atoms with Gasteiger partial charge in [0, 0.05) is 58.8 Å². The summed E-state index contributed by atoms with van der Waals surface area (Å²) in [5.41, 5.74) is 2.29. The summed E-state index contributed by atoms with van der Waals surface area (Å²) in [5, 5.41) is 3.40. The van der Waals surface area contributed by atoms with E-state index in [1.165, 1.54) is 0 Å². The summed E-state index contributed by atoms with van der Waals surface area (Å²) in [4.78, 5) is 35.5. The Morgan fingerprint density at radius 3 is 2.55 bits per heavy atom. The third-order valence-electron chi connectivity index (χ3n) is 6.38. The second-order valence-corrected chi connectivity index (χ2v) is 8.72. The zero-order valence-corrected chi connectivity index (χ0v) is 21.8. The minimum absolute atomic E-state index is 0. The van der Waals surface area contributed by atoms with E-state index in [1.807, 2.05) is 15.9 Å². The highest BCUT2D eigenvalue weighted by molar-refractivity contribution is 14.0. The third kappa shape index (κ3) is 6.81. The van der Waals surface area contributed by atoms with Crippen LogP contribution in [0.4, 0.5) is 0 Å². The Bertz CT molecular complexity index is 835. The molecule has 9 heteroatoms. The van der Waals surface area contributed by atoms with Crippen LogP contribution in [0, 0.1) is 0 Å². The minimum atomic E-state index is -0.244. The molecule has 0 spiro atoms. The molecule has 0 bridgehead atoms. The largest absolute Gasteiger partial charge is 0.368 e. The average molecular weight is 569 g/mol. The summed E-state index contributed by atoms with van der Waals surface area (Å²) in [6.45, 7) is 8.60. The number of aliphatic imine (C=N–C) groups is 1. The predicted molar refractivity (Wildman–Crippen MR) is 138 cm³/mol. The highest BCUT2D eigenvalue weighted by Crippen LogP contribution is 2.17. The summed E-state index contributed by atoms with van der Waals surface area (Å²) in [7, 11) is 0. The van der Waals surface area contributed by atoms with E-state index in [2.05, 4.69) is 35.3 Å². The molecule has 1 aromatic carbocycles. The number of hydrogen-bond donors (Lipinski definition) is 1. The Labute approximate surface area is 213 Å². The van der Waals surface area contributed by atoms with Crippen molar-refractivity contribution in [1.82, 2.24) is 20.0 Å². The standard InChI is InChI=1S/C24H35N5O3.HI/c1-2-25-24(28-13-11-27(12-14-28)23(31)21-8-5-15-32-21)26-17-19-6-3-7-20(16-19)18-29-10-4-9-22(29)30;/h3,6-7,16,21H,2,4-5,8-15,17-18H2,1H3,(H,25,26);1H. The number of nitrogens with one attached hydrogen (secondary N) is 1. The van der Waals surface area contributed by atoms with Crippen LogP contribution in [0.3, 0.4) is 0 Å². The van der Waals surface area contributed by atoms with Crippen molar-refractivity contribution in [2.45, 2.75) is 51.8 Å². The fraction of sp³-hybridized carbons (Fsp3) is 0.625. The number of likely N-dealkylation sites (tertiary alicyclic amines) is 1. The average Bonchev–Trinajstić information content (AvgIpc) is 3.49. The number of rotatable bonds is 6. The fourth-order valence-electron chi connectivity index (χ4n) is 4.62. The maximum absolute atomic E-state index is 12.6. The van der Waals surface area contributed by atoms with Crippen molar-refractivity contribution in [3.05, 3.63) is 35.4 Å². The molecule has 4 rings (SSSR count). The van der Waals surface area contributed by atoms with Crippen LogP contribution in [-0.2, 0) is 27.4 Å². The minimum Gasteiger partial charge on any atom is -0.368 e. The number of hydrogen-bond acceptors (Lipinski definition) is 4. The number of nitrogens with zero attached hydrogens (tertiary/aromatic N) is 4. The second-order valence-electron chi connectivity index (χ2n) is 8.72. The van der Waals surface area contributed by atoms with Crippen molar-refractivity contribution in [3.8, 4) is 0 Å². The number of piperazine rings is 1. The molecule has 3 heterocycles. The summed E-state index contributed by atoms with van der Waals surface area (Å²) < 4.78 is 5.56. The molecule has 1 unspecified atom stereocenters. The monoisotopic (exact) mass is 569 g/mol. The van der Waals surface area contributed by atoms with Crippen LogP contribution in [0.15, 0.2) is 29.3 Å². The molecule has 182 valence electrons. The number of ether oxygens (including phenoxy) is 1. The zero-order valence-electron chi connectivity index (χ0n) is 19.5. The van der Waals surface area contributed by atoms with E-state index in [9.17, 15) is 9.59 Å². The first-order valence-electron chi connectivity index (χ1n) is 11.9. The van der Waals surface area contributed by atoms with Crippen molar-refractivity contribution >= 4 is 41.8 Å². The maximum atomic E-state index is 12.6. The highest BCUT2D eigenvalue weighted by atomic mass is 127. The molecule has 0 aliphatic carbocycles. The van der Waals surface area contributed by atoms with Gasteiger partial charge in [-0.25, -0.2) is 4.99 Å². The molecule has 1 N–H and O–H groups in total. The number of amides is 2. The summed E-state index contributed by atoms with van der Waals surface area (Å²) in [6, 6.07) is 8.36. The van der Waals surface area contributed by atoms with E-state index in [4.69, 9.17) is 9.73 Å². The van der Waals surface area contributed by atoms with Gasteiger partial charge in [0.15, 0.2) is 5.96 Å². The van der Waals surface area contributed by atoms with E-state index >= 15 is 0 Å². The van der Waals surface area contributed by atoms with Crippen molar-refractivity contribution in [2.24, 2.45) is 4.99 Å². The van der Waals surface area contributed by atoms with E-state index in [1.54, 1.807) is 0 Å². The summed E-state index contributed by atoms with van der Waals surface area (Å²) in [6.07, 6.45) is 3.20. The van der Waals surface area contributed by atoms with Crippen molar-refractivity contribution in [3.63, 3.8) is 0 Å². The SMILES string of the molecule is CCNC(=NCc1cccc(CN2CCCC2=O)c1)N1CCN(C(=O)C2CCCO2)CC1.I. The molecule has 3 saturated heterocycles. The van der Waals surface area contributed by atoms with Crippen LogP contribution in [0.5, 0.6) is 0 Å². The van der Waals surface area contributed by atoms with Gasteiger partial charge in [-0.3, -0.25) is 9.59 Å². The van der Waals surface area contributed by atoms with Crippen LogP contribution in [0.2, 0.25) is 0 Å². The Morgan fingerprint density at radius 1 is 1.12 bits per heavy atom. The topological polar surface area (TPSA) is 77.5 Å². The van der Waals surface area contributed by atoms with Crippen LogP contribution >= 0.6 is 24.0 Å². The quantitative estimate of drug-likeness (QED) is 0.323. The number of benzene rings is 1. The molecule has 3 fully saturated rings. The fourth-order valence-corrected chi connectivity index (χ4v) is 4.62. The van der Waals surface area contributed by atoms with E-state index in [-0.39, 0.29) is 41.9 Å². The Kier molecular flexibility index (Phi) is 9.78. The lowest BCUT2D eigenvalue weighted by molar-refractivity contribution is -0.142. The number of guanidine groups is 1. The van der Waals surface area contributed by atoms with E-state index in [0.717, 1.165) is 62.5 Å². The lowest BCUT2D eigenvalue weighted by atomic mass is 10.1. The van der Waals surface area contributed by atoms with Gasteiger partial charge in [0.05, 0.1) is 6.54 Å². The number of carbonyl (C=O) groups excluding carboxylic acids is 2. The van der Waals surface area contributed by atoms with Gasteiger partial charge in [0.2, 0.25) is 5.91 Å². The van der Waals surface area contributed by atoms with Crippen LogP contribution in [0.25, 0.3) is 0 Å². The van der Waals surface area contributed by atoms with Gasteiger partial charge in [-0.15, -0.1) is 24.0 Å². The van der Waals surface area contributed by atoms with Gasteiger partial charge in [0.25, 0.3) is 5.91 Å². The highest BCUT2D eigenvalue weighted by Gasteiger charge is 2.31. The number of halogens is 1. The Hall–Kier alpha value is -1.88. The third-order valence-corrected chi connectivity index (χ3v) is 6.38. The molecule has 0 saturated carbocycles. The maximum Gasteiger partial charge on any atom is 0.251 e. The van der Waals surface area contributed by atoms with Gasteiger partial charge >= 0.3 is 0 Å². The van der Waals surface area contributed by atoms with E-state index in [0.29, 0.717) is 39.2 Å². The molecular weight excluding hydrogens is 533 g/mol. The van der Waals surface area contributed by atoms with Gasteiger partial charge in [-0.2, -0.15) is 0 Å². The van der Waals surface area contributed by atoms with Crippen molar-refractivity contribution in [2.75, 3.05) is 45.9 Å². The molecule has 1 aromatic rings. The molecule has 3 aliphatic heterocycles. The zero-order chi connectivity index (χ0) is 22.3. The van der Waals surface area contributed by atoms with Gasteiger partial charge < -0.3 is 24.8 Å². The molecule has 3 aliphatic rings. The summed E-state index contributed by atoms with van der Waals surface area (Å²) in [5.74, 6) is 1.27. The molecule has 8 nitrogen and oxygen atoms in total. The van der Waals surface area contributed by atoms with Gasteiger partial charge in [0.1, 0.15) is 6.10 Å². The van der Waals surface area contributed by atoms with Gasteiger partial charge in [-0.1, -0.05) is 24.3 Å². The smallest absolute Gasteiger partial charge is 0.251 e. The van der Waals surface area contributed by atoms with Crippen LogP contribution in [0.1, 0.15) is 43.7 Å². The lowest BCUT2D eigenvalue weighted by Gasteiger charge is -2.37. The van der Waals surface area contributed by atoms with Crippen LogP contribution < -0.4 is 5.32 Å². The Balaban J connectivity index is 0.00000306. The first-order valence-corrected chi connectivity index (χ1v) is 11.9. The van der Waals surface area contributed by atoms with Gasteiger partial charge in [-0.05, 0) is 37.3 Å². The Morgan fingerprint density at radius 2 is 1.88 bits per heavy atom. The first kappa shape index (κ1) is 25.7. The second kappa shape index (κ2) is 12.5. The lowest BCUT2D eigenvalue weighted by Crippen LogP contribution is -2.55. The molecule has 2 amide bonds. The molecule has 0 radical (unpaired) electrons. The molecule has 33 heavy (non-hydrogen) atoms. The predicted octanol–water partition coefficient (Wildman–Crippen LogP) is 2.22. The molecule has 1 atom stereocenters. The molecule has 0 aromatic heterocycles. The molecular formula is C24H36IN5O3. The van der Waals surface area contributed by atoms with Crippen LogP contribution in [-0.4, -0.2) is 84.5 Å². The van der Waals surface area contributed by atoms with Crippen molar-refractivity contribution in [1.29, 1.82) is 0 Å².